The van der Waals surface area contributed by atoms with Crippen molar-refractivity contribution in [1.29, 1.82) is 0 Å². The van der Waals surface area contributed by atoms with Crippen LogP contribution >= 0.6 is 11.3 Å². The van der Waals surface area contributed by atoms with E-state index in [0.29, 0.717) is 29.7 Å². The number of aromatic nitrogens is 2. The third kappa shape index (κ3) is 4.44. The smallest absolute Gasteiger partial charge is 0.305 e. The van der Waals surface area contributed by atoms with E-state index in [1.807, 2.05) is 19.1 Å². The van der Waals surface area contributed by atoms with Crippen LogP contribution in [0.1, 0.15) is 12.0 Å². The Morgan fingerprint density at radius 1 is 1.20 bits per heavy atom. The van der Waals surface area contributed by atoms with E-state index in [-0.39, 0.29) is 9.77 Å². The highest BCUT2D eigenvalue weighted by atomic mass is 32.2. The SMILES string of the molecule is Cc1ccc(NCCCNS(=O)(=O)c2ccc3[nH]c(=O)sc3c2)nc1. The van der Waals surface area contributed by atoms with Gasteiger partial charge < -0.3 is 10.3 Å². The summed E-state index contributed by atoms with van der Waals surface area (Å²) in [7, 11) is -3.60. The lowest BCUT2D eigenvalue weighted by Crippen LogP contribution is -2.26. The maximum absolute atomic E-state index is 12.3. The summed E-state index contributed by atoms with van der Waals surface area (Å²) in [5, 5.41) is 3.14. The van der Waals surface area contributed by atoms with Crippen LogP contribution < -0.4 is 14.9 Å². The van der Waals surface area contributed by atoms with E-state index >= 15 is 0 Å². The summed E-state index contributed by atoms with van der Waals surface area (Å²) in [6.45, 7) is 2.88. The molecular formula is C16H18N4O3S2. The Hall–Kier alpha value is -2.23. The third-order valence-corrected chi connectivity index (χ3v) is 5.87. The summed E-state index contributed by atoms with van der Waals surface area (Å²) >= 11 is 0.993. The minimum Gasteiger partial charge on any atom is -0.370 e. The standard InChI is InChI=1S/C16H18N4O3S2/c1-11-3-6-15(18-10-11)17-7-2-8-19-25(22,23)12-4-5-13-14(9-12)24-16(21)20-13/h3-6,9-10,19H,2,7-8H2,1H3,(H,17,18)(H,20,21). The van der Waals surface area contributed by atoms with Gasteiger partial charge in [0.25, 0.3) is 0 Å². The third-order valence-electron chi connectivity index (χ3n) is 3.57. The molecule has 2 heterocycles. The van der Waals surface area contributed by atoms with Crippen LogP contribution in [0.3, 0.4) is 0 Å². The van der Waals surface area contributed by atoms with Crippen LogP contribution in [-0.2, 0) is 10.0 Å². The number of hydrogen-bond acceptors (Lipinski definition) is 6. The summed E-state index contributed by atoms with van der Waals surface area (Å²) < 4.78 is 27.8. The number of aryl methyl sites for hydroxylation is 1. The maximum atomic E-state index is 12.3. The average molecular weight is 378 g/mol. The first-order valence-electron chi connectivity index (χ1n) is 7.73. The molecule has 0 bridgehead atoms. The fourth-order valence-electron chi connectivity index (χ4n) is 2.26. The topological polar surface area (TPSA) is 104 Å². The Morgan fingerprint density at radius 2 is 2.04 bits per heavy atom. The van der Waals surface area contributed by atoms with Crippen LogP contribution in [0.4, 0.5) is 5.82 Å². The summed E-state index contributed by atoms with van der Waals surface area (Å²) in [6.07, 6.45) is 2.39. The molecule has 0 unspecified atom stereocenters. The number of thiazole rings is 1. The van der Waals surface area contributed by atoms with Crippen molar-refractivity contribution < 1.29 is 8.42 Å². The molecular weight excluding hydrogens is 360 g/mol. The van der Waals surface area contributed by atoms with Crippen molar-refractivity contribution in [2.24, 2.45) is 0 Å². The number of nitrogens with one attached hydrogen (secondary N) is 3. The summed E-state index contributed by atoms with van der Waals surface area (Å²) in [5.41, 5.74) is 1.73. The maximum Gasteiger partial charge on any atom is 0.305 e. The van der Waals surface area contributed by atoms with Gasteiger partial charge in [-0.25, -0.2) is 18.1 Å². The Balaban J connectivity index is 1.54. The number of hydrogen-bond donors (Lipinski definition) is 3. The second-order valence-corrected chi connectivity index (χ2v) is 8.35. The lowest BCUT2D eigenvalue weighted by atomic mass is 10.3. The van der Waals surface area contributed by atoms with E-state index < -0.39 is 10.0 Å². The summed E-state index contributed by atoms with van der Waals surface area (Å²) in [5.74, 6) is 0.765. The van der Waals surface area contributed by atoms with Gasteiger partial charge in [-0.2, -0.15) is 0 Å². The molecule has 25 heavy (non-hydrogen) atoms. The van der Waals surface area contributed by atoms with Crippen molar-refractivity contribution in [1.82, 2.24) is 14.7 Å². The zero-order chi connectivity index (χ0) is 17.9. The average Bonchev–Trinajstić information content (AvgIpc) is 2.95. The van der Waals surface area contributed by atoms with Crippen LogP contribution in [0.25, 0.3) is 10.2 Å². The molecule has 3 rings (SSSR count). The van der Waals surface area contributed by atoms with Crippen molar-refractivity contribution in [2.45, 2.75) is 18.2 Å². The second kappa shape index (κ2) is 7.34. The summed E-state index contributed by atoms with van der Waals surface area (Å²) in [6, 6.07) is 8.45. The molecule has 0 spiro atoms. The van der Waals surface area contributed by atoms with Crippen LogP contribution in [0, 0.1) is 6.92 Å². The van der Waals surface area contributed by atoms with Crippen LogP contribution in [0.2, 0.25) is 0 Å². The number of sulfonamides is 1. The van der Waals surface area contributed by atoms with Crippen molar-refractivity contribution in [2.75, 3.05) is 18.4 Å². The lowest BCUT2D eigenvalue weighted by Gasteiger charge is -2.08. The van der Waals surface area contributed by atoms with E-state index in [1.165, 1.54) is 12.1 Å². The molecule has 132 valence electrons. The number of rotatable bonds is 7. The van der Waals surface area contributed by atoms with Crippen molar-refractivity contribution in [3.05, 3.63) is 51.8 Å². The molecule has 0 saturated carbocycles. The molecule has 0 saturated heterocycles. The fourth-order valence-corrected chi connectivity index (χ4v) is 4.21. The Bertz CT molecular complexity index is 1020. The van der Waals surface area contributed by atoms with Gasteiger partial charge in [0.05, 0.1) is 15.1 Å². The normalized spacial score (nSPS) is 11.7. The van der Waals surface area contributed by atoms with E-state index in [4.69, 9.17) is 0 Å². The molecule has 0 amide bonds. The highest BCUT2D eigenvalue weighted by Gasteiger charge is 2.14. The number of fused-ring (bicyclic) bond motifs is 1. The summed E-state index contributed by atoms with van der Waals surface area (Å²) in [4.78, 5) is 18.1. The minimum atomic E-state index is -3.60. The predicted octanol–water partition coefficient (Wildman–Crippen LogP) is 2.07. The Morgan fingerprint density at radius 3 is 2.80 bits per heavy atom. The number of pyridine rings is 1. The zero-order valence-electron chi connectivity index (χ0n) is 13.6. The molecule has 0 aliphatic heterocycles. The number of H-pyrrole nitrogens is 1. The van der Waals surface area contributed by atoms with Gasteiger partial charge in [0.2, 0.25) is 10.0 Å². The van der Waals surface area contributed by atoms with Crippen LogP contribution in [-0.4, -0.2) is 31.5 Å². The van der Waals surface area contributed by atoms with Gasteiger partial charge in [-0.05, 0) is 43.2 Å². The molecule has 3 aromatic rings. The van der Waals surface area contributed by atoms with Crippen LogP contribution in [0.15, 0.2) is 46.2 Å². The predicted molar refractivity (Wildman–Crippen MR) is 99.7 cm³/mol. The molecule has 0 atom stereocenters. The van der Waals surface area contributed by atoms with Crippen LogP contribution in [0.5, 0.6) is 0 Å². The lowest BCUT2D eigenvalue weighted by molar-refractivity contribution is 0.580. The first-order chi connectivity index (χ1) is 11.9. The first-order valence-corrected chi connectivity index (χ1v) is 10.0. The number of anilines is 1. The molecule has 1 aromatic carbocycles. The Labute approximate surface area is 149 Å². The van der Waals surface area contributed by atoms with Crippen molar-refractivity contribution in [3.63, 3.8) is 0 Å². The molecule has 3 N–H and O–H groups in total. The van der Waals surface area contributed by atoms with Gasteiger partial charge in [-0.1, -0.05) is 17.4 Å². The van der Waals surface area contributed by atoms with Gasteiger partial charge in [0.15, 0.2) is 0 Å². The van der Waals surface area contributed by atoms with E-state index in [0.717, 1.165) is 22.7 Å². The van der Waals surface area contributed by atoms with Gasteiger partial charge in [-0.3, -0.25) is 4.79 Å². The van der Waals surface area contributed by atoms with Gasteiger partial charge in [-0.15, -0.1) is 0 Å². The van der Waals surface area contributed by atoms with Gasteiger partial charge >= 0.3 is 4.87 Å². The number of nitrogens with zero attached hydrogens (tertiary/aromatic N) is 1. The van der Waals surface area contributed by atoms with Gasteiger partial charge in [0.1, 0.15) is 5.82 Å². The second-order valence-electron chi connectivity index (χ2n) is 5.57. The highest BCUT2D eigenvalue weighted by molar-refractivity contribution is 7.89. The van der Waals surface area contributed by atoms with Crippen molar-refractivity contribution >= 4 is 37.4 Å². The van der Waals surface area contributed by atoms with Gasteiger partial charge in [0, 0.05) is 19.3 Å². The largest absolute Gasteiger partial charge is 0.370 e. The molecule has 9 heteroatoms. The molecule has 0 aliphatic carbocycles. The number of aromatic amines is 1. The fraction of sp³-hybridized carbons (Fsp3) is 0.250. The van der Waals surface area contributed by atoms with E-state index in [9.17, 15) is 13.2 Å². The molecule has 7 nitrogen and oxygen atoms in total. The zero-order valence-corrected chi connectivity index (χ0v) is 15.2. The molecule has 2 aromatic heterocycles. The molecule has 0 radical (unpaired) electrons. The van der Waals surface area contributed by atoms with E-state index in [2.05, 4.69) is 20.0 Å². The van der Waals surface area contributed by atoms with Crippen molar-refractivity contribution in [3.8, 4) is 0 Å². The van der Waals surface area contributed by atoms with E-state index in [1.54, 1.807) is 12.3 Å². The quantitative estimate of drug-likeness (QED) is 0.546. The first kappa shape index (κ1) is 17.6. The highest BCUT2D eigenvalue weighted by Crippen LogP contribution is 2.19. The Kier molecular flexibility index (Phi) is 5.16. The monoisotopic (exact) mass is 378 g/mol. The number of benzene rings is 1. The minimum absolute atomic E-state index is 0.156. The molecule has 0 aliphatic rings. The molecule has 0 fully saturated rings.